The average molecular weight is 253 g/mol. The molecule has 1 aliphatic carbocycles. The van der Waals surface area contributed by atoms with E-state index in [0.29, 0.717) is 0 Å². The molecule has 3 nitrogen and oxygen atoms in total. The average Bonchev–Trinajstić information content (AvgIpc) is 2.82. The fourth-order valence-electron chi connectivity index (χ4n) is 2.35. The molecule has 1 rings (SSSR count). The first-order chi connectivity index (χ1) is 8.67. The predicted octanol–water partition coefficient (Wildman–Crippen LogP) is 2.65. The summed E-state index contributed by atoms with van der Waals surface area (Å²) < 4.78 is 0. The van der Waals surface area contributed by atoms with Gasteiger partial charge in [-0.25, -0.2) is 0 Å². The third-order valence-electron chi connectivity index (χ3n) is 3.67. The van der Waals surface area contributed by atoms with Crippen LogP contribution in [0, 0.1) is 11.8 Å². The summed E-state index contributed by atoms with van der Waals surface area (Å²) in [7, 11) is 0. The Bertz CT molecular complexity index is 276. The van der Waals surface area contributed by atoms with Gasteiger partial charge in [0.25, 0.3) is 0 Å². The maximum atomic E-state index is 12.0. The van der Waals surface area contributed by atoms with Crippen molar-refractivity contribution < 1.29 is 9.90 Å². The Labute approximate surface area is 111 Å². The lowest BCUT2D eigenvalue weighted by Crippen LogP contribution is -2.36. The molecule has 0 heterocycles. The summed E-state index contributed by atoms with van der Waals surface area (Å²) in [5.74, 6) is 0.471. The molecule has 0 aromatic rings. The monoisotopic (exact) mass is 253 g/mol. The minimum atomic E-state index is 0.100. The minimum absolute atomic E-state index is 0.100. The molecule has 0 aromatic carbocycles. The van der Waals surface area contributed by atoms with Gasteiger partial charge in [0.15, 0.2) is 0 Å². The standard InChI is InChI=1S/C15H27NO2/c1-3-4-5-6-7-12(2)15(18)16-14-9-8-13(10-14)11-17/h8-9,12-14,17H,3-7,10-11H2,1-2H3,(H,16,18)/t12?,13-,14+/m0/s1. The van der Waals surface area contributed by atoms with E-state index in [1.807, 2.05) is 19.1 Å². The number of carbonyl (C=O) groups excluding carboxylic acids is 1. The number of hydrogen-bond donors (Lipinski definition) is 2. The quantitative estimate of drug-likeness (QED) is 0.516. The van der Waals surface area contributed by atoms with Gasteiger partial charge in [-0.2, -0.15) is 0 Å². The molecule has 18 heavy (non-hydrogen) atoms. The molecule has 0 aromatic heterocycles. The van der Waals surface area contributed by atoms with Crippen LogP contribution in [-0.2, 0) is 4.79 Å². The molecule has 0 radical (unpaired) electrons. The number of unbranched alkanes of at least 4 members (excludes halogenated alkanes) is 3. The Kier molecular flexibility index (Phi) is 7.02. The van der Waals surface area contributed by atoms with Gasteiger partial charge in [0.1, 0.15) is 0 Å². The zero-order chi connectivity index (χ0) is 13.4. The lowest BCUT2D eigenvalue weighted by Gasteiger charge is -2.16. The third kappa shape index (κ3) is 5.21. The molecule has 0 saturated carbocycles. The third-order valence-corrected chi connectivity index (χ3v) is 3.67. The topological polar surface area (TPSA) is 49.3 Å². The molecule has 2 N–H and O–H groups in total. The van der Waals surface area contributed by atoms with Crippen LogP contribution < -0.4 is 5.32 Å². The van der Waals surface area contributed by atoms with Crippen LogP contribution in [0.3, 0.4) is 0 Å². The number of aliphatic hydroxyl groups excluding tert-OH is 1. The molecule has 0 bridgehead atoms. The van der Waals surface area contributed by atoms with E-state index in [2.05, 4.69) is 12.2 Å². The summed E-state index contributed by atoms with van der Waals surface area (Å²) in [6, 6.07) is 0.118. The van der Waals surface area contributed by atoms with Gasteiger partial charge in [0, 0.05) is 24.5 Å². The van der Waals surface area contributed by atoms with E-state index in [1.54, 1.807) is 0 Å². The lowest BCUT2D eigenvalue weighted by atomic mass is 10.0. The van der Waals surface area contributed by atoms with Crippen LogP contribution in [0.15, 0.2) is 12.2 Å². The Hall–Kier alpha value is -0.830. The van der Waals surface area contributed by atoms with Crippen LogP contribution >= 0.6 is 0 Å². The molecule has 0 aliphatic heterocycles. The number of rotatable bonds is 8. The van der Waals surface area contributed by atoms with E-state index < -0.39 is 0 Å². The first-order valence-corrected chi connectivity index (χ1v) is 7.27. The van der Waals surface area contributed by atoms with Crippen LogP contribution in [0.5, 0.6) is 0 Å². The molecule has 0 spiro atoms. The van der Waals surface area contributed by atoms with E-state index in [0.717, 1.165) is 19.3 Å². The second-order valence-electron chi connectivity index (χ2n) is 5.43. The van der Waals surface area contributed by atoms with E-state index in [1.165, 1.54) is 19.3 Å². The van der Waals surface area contributed by atoms with Crippen LogP contribution in [0.2, 0.25) is 0 Å². The van der Waals surface area contributed by atoms with Gasteiger partial charge in [-0.05, 0) is 12.8 Å². The van der Waals surface area contributed by atoms with Crippen LogP contribution in [-0.4, -0.2) is 23.7 Å². The summed E-state index contributed by atoms with van der Waals surface area (Å²) in [5, 5.41) is 12.1. The fraction of sp³-hybridized carbons (Fsp3) is 0.800. The highest BCUT2D eigenvalue weighted by atomic mass is 16.3. The number of aliphatic hydroxyl groups is 1. The molecule has 0 fully saturated rings. The predicted molar refractivity (Wildman–Crippen MR) is 74.2 cm³/mol. The Morgan fingerprint density at radius 3 is 2.78 bits per heavy atom. The molecule has 1 unspecified atom stereocenters. The maximum Gasteiger partial charge on any atom is 0.223 e. The molecular weight excluding hydrogens is 226 g/mol. The van der Waals surface area contributed by atoms with Gasteiger partial charge in [0.05, 0.1) is 0 Å². The van der Waals surface area contributed by atoms with Crippen LogP contribution in [0.4, 0.5) is 0 Å². The minimum Gasteiger partial charge on any atom is -0.396 e. The van der Waals surface area contributed by atoms with Crippen molar-refractivity contribution in [2.75, 3.05) is 6.61 Å². The van der Waals surface area contributed by atoms with Crippen molar-refractivity contribution in [1.29, 1.82) is 0 Å². The van der Waals surface area contributed by atoms with Gasteiger partial charge in [0.2, 0.25) is 5.91 Å². The summed E-state index contributed by atoms with van der Waals surface area (Å²) in [6.45, 7) is 4.37. The van der Waals surface area contributed by atoms with Gasteiger partial charge < -0.3 is 10.4 Å². The van der Waals surface area contributed by atoms with Crippen molar-refractivity contribution >= 4 is 5.91 Å². The molecule has 3 atom stereocenters. The Morgan fingerprint density at radius 2 is 2.17 bits per heavy atom. The van der Waals surface area contributed by atoms with Crippen molar-refractivity contribution in [2.45, 2.75) is 58.4 Å². The van der Waals surface area contributed by atoms with Crippen LogP contribution in [0.25, 0.3) is 0 Å². The normalized spacial score (nSPS) is 24.2. The van der Waals surface area contributed by atoms with Crippen molar-refractivity contribution in [3.8, 4) is 0 Å². The first-order valence-electron chi connectivity index (χ1n) is 7.27. The van der Waals surface area contributed by atoms with Crippen molar-refractivity contribution in [3.63, 3.8) is 0 Å². The van der Waals surface area contributed by atoms with E-state index >= 15 is 0 Å². The molecule has 3 heteroatoms. The highest BCUT2D eigenvalue weighted by Gasteiger charge is 2.21. The SMILES string of the molecule is CCCCCCC(C)C(=O)N[C@@H]1C=C[C@H](CO)C1. The zero-order valence-electron chi connectivity index (χ0n) is 11.7. The summed E-state index contributed by atoms with van der Waals surface area (Å²) in [4.78, 5) is 12.0. The van der Waals surface area contributed by atoms with Gasteiger partial charge in [-0.15, -0.1) is 0 Å². The fourth-order valence-corrected chi connectivity index (χ4v) is 2.35. The first kappa shape index (κ1) is 15.2. The van der Waals surface area contributed by atoms with Crippen molar-refractivity contribution in [2.24, 2.45) is 11.8 Å². The van der Waals surface area contributed by atoms with Gasteiger partial charge >= 0.3 is 0 Å². The van der Waals surface area contributed by atoms with E-state index in [9.17, 15) is 4.79 Å². The number of carbonyl (C=O) groups is 1. The Balaban J connectivity index is 2.18. The second kappa shape index (κ2) is 8.30. The lowest BCUT2D eigenvalue weighted by molar-refractivity contribution is -0.125. The smallest absolute Gasteiger partial charge is 0.223 e. The maximum absolute atomic E-state index is 12.0. The number of nitrogens with one attached hydrogen (secondary N) is 1. The molecule has 1 aliphatic rings. The van der Waals surface area contributed by atoms with Crippen molar-refractivity contribution in [1.82, 2.24) is 5.32 Å². The highest BCUT2D eigenvalue weighted by Crippen LogP contribution is 2.18. The largest absolute Gasteiger partial charge is 0.396 e. The number of hydrogen-bond acceptors (Lipinski definition) is 2. The van der Waals surface area contributed by atoms with Crippen LogP contribution in [0.1, 0.15) is 52.4 Å². The summed E-state index contributed by atoms with van der Waals surface area (Å²) in [6.07, 6.45) is 10.7. The molecule has 1 amide bonds. The molecule has 0 saturated heterocycles. The van der Waals surface area contributed by atoms with Crippen molar-refractivity contribution in [3.05, 3.63) is 12.2 Å². The summed E-state index contributed by atoms with van der Waals surface area (Å²) in [5.41, 5.74) is 0. The summed E-state index contributed by atoms with van der Waals surface area (Å²) >= 11 is 0. The zero-order valence-corrected chi connectivity index (χ0v) is 11.7. The Morgan fingerprint density at radius 1 is 1.39 bits per heavy atom. The van der Waals surface area contributed by atoms with E-state index in [-0.39, 0.29) is 30.4 Å². The second-order valence-corrected chi connectivity index (χ2v) is 5.43. The van der Waals surface area contributed by atoms with Gasteiger partial charge in [-0.1, -0.05) is 51.7 Å². The molecule has 104 valence electrons. The molecular formula is C15H27NO2. The highest BCUT2D eigenvalue weighted by molar-refractivity contribution is 5.78. The van der Waals surface area contributed by atoms with Gasteiger partial charge in [-0.3, -0.25) is 4.79 Å². The number of amides is 1. The van der Waals surface area contributed by atoms with E-state index in [4.69, 9.17) is 5.11 Å².